The van der Waals surface area contributed by atoms with Crippen molar-refractivity contribution in [2.75, 3.05) is 0 Å². The predicted octanol–water partition coefficient (Wildman–Crippen LogP) is 3.79. The number of pyridine rings is 1. The van der Waals surface area contributed by atoms with E-state index in [9.17, 15) is 13.2 Å². The summed E-state index contributed by atoms with van der Waals surface area (Å²) in [5, 5.41) is 0. The summed E-state index contributed by atoms with van der Waals surface area (Å²) in [4.78, 5) is 5.29. The summed E-state index contributed by atoms with van der Waals surface area (Å²) in [6.45, 7) is 1.14. The molecule has 2 nitrogen and oxygen atoms in total. The lowest BCUT2D eigenvalue weighted by Gasteiger charge is -2.25. The number of rotatable bonds is 3. The van der Waals surface area contributed by atoms with Crippen LogP contribution in [0.2, 0.25) is 0 Å². The summed E-state index contributed by atoms with van der Waals surface area (Å²) >= 11 is 0. The van der Waals surface area contributed by atoms with E-state index in [0.29, 0.717) is 18.7 Å². The van der Waals surface area contributed by atoms with Gasteiger partial charge in [-0.1, -0.05) is 60.7 Å². The summed E-state index contributed by atoms with van der Waals surface area (Å²) in [5.41, 5.74) is 3.07. The molecule has 132 valence electrons. The zero-order valence-corrected chi connectivity index (χ0v) is 14.0. The Morgan fingerprint density at radius 2 is 1.42 bits per heavy atom. The van der Waals surface area contributed by atoms with E-state index in [2.05, 4.69) is 29.2 Å². The van der Waals surface area contributed by atoms with Crippen LogP contribution in [-0.4, -0.2) is 4.98 Å². The van der Waals surface area contributed by atoms with Crippen LogP contribution in [0.3, 0.4) is 0 Å². The Morgan fingerprint density at radius 3 is 1.96 bits per heavy atom. The molecule has 1 aromatic heterocycles. The molecule has 0 fully saturated rings. The molecule has 1 aliphatic heterocycles. The average molecular weight is 355 g/mol. The van der Waals surface area contributed by atoms with E-state index in [0.717, 1.165) is 23.0 Å². The lowest BCUT2D eigenvalue weighted by molar-refractivity contribution is -0.946. The summed E-state index contributed by atoms with van der Waals surface area (Å²) in [6.07, 6.45) is -3.41. The summed E-state index contributed by atoms with van der Waals surface area (Å²) in [5.74, 6) is 0. The highest BCUT2D eigenvalue weighted by atomic mass is 19.4. The van der Waals surface area contributed by atoms with Gasteiger partial charge in [0.15, 0.2) is 0 Å². The lowest BCUT2D eigenvalue weighted by atomic mass is 9.97. The van der Waals surface area contributed by atoms with Crippen molar-refractivity contribution in [2.24, 2.45) is 0 Å². The van der Waals surface area contributed by atoms with E-state index in [1.165, 1.54) is 11.0 Å². The zero-order valence-electron chi connectivity index (χ0n) is 14.0. The fourth-order valence-electron chi connectivity index (χ4n) is 3.69. The third-order valence-electron chi connectivity index (χ3n) is 4.87. The van der Waals surface area contributed by atoms with E-state index >= 15 is 0 Å². The minimum absolute atomic E-state index is 0.0564. The van der Waals surface area contributed by atoms with Gasteiger partial charge in [-0.2, -0.15) is 13.2 Å². The Balaban J connectivity index is 1.70. The van der Waals surface area contributed by atoms with E-state index in [1.807, 2.05) is 36.4 Å². The maximum atomic E-state index is 13.0. The number of hydrogen-bond acceptors (Lipinski definition) is 1. The molecule has 0 aliphatic carbocycles. The zero-order chi connectivity index (χ0) is 18.1. The highest BCUT2D eigenvalue weighted by Gasteiger charge is 2.36. The summed E-state index contributed by atoms with van der Waals surface area (Å²) < 4.78 is 39.0. The Labute approximate surface area is 149 Å². The van der Waals surface area contributed by atoms with E-state index < -0.39 is 11.7 Å². The summed E-state index contributed by atoms with van der Waals surface area (Å²) in [6, 6.07) is 21.5. The molecule has 2 heterocycles. The van der Waals surface area contributed by atoms with Crippen LogP contribution >= 0.6 is 0 Å². The number of quaternary nitrogens is 1. The molecule has 0 bridgehead atoms. The van der Waals surface area contributed by atoms with Gasteiger partial charge >= 0.3 is 6.18 Å². The first kappa shape index (κ1) is 16.8. The van der Waals surface area contributed by atoms with Gasteiger partial charge in [0.1, 0.15) is 24.8 Å². The van der Waals surface area contributed by atoms with Gasteiger partial charge in [-0.25, -0.2) is 0 Å². The number of nitrogens with one attached hydrogen (secondary N) is 1. The van der Waals surface area contributed by atoms with Gasteiger partial charge in [-0.3, -0.25) is 4.98 Å². The van der Waals surface area contributed by atoms with Gasteiger partial charge in [-0.05, 0) is 6.07 Å². The number of hydrogen-bond donors (Lipinski definition) is 1. The van der Waals surface area contributed by atoms with Crippen molar-refractivity contribution in [3.05, 3.63) is 101 Å². The fourth-order valence-corrected chi connectivity index (χ4v) is 3.69. The van der Waals surface area contributed by atoms with Crippen LogP contribution in [-0.2, 0) is 19.3 Å². The quantitative estimate of drug-likeness (QED) is 0.757. The Hall–Kier alpha value is -2.66. The number of fused-ring (bicyclic) bond motifs is 1. The van der Waals surface area contributed by atoms with E-state index in [4.69, 9.17) is 0 Å². The standard InChI is InChI=1S/C21H17F3N2/c22-21(23,24)18-11-17-13-26(14-19(17)25-12-18)20(15-7-3-1-4-8-15)16-9-5-2-6-10-16/h1-12,20H,13-14H2/p+1. The third kappa shape index (κ3) is 3.22. The van der Waals surface area contributed by atoms with Crippen LogP contribution in [0.1, 0.15) is 34.0 Å². The van der Waals surface area contributed by atoms with Crippen molar-refractivity contribution in [3.63, 3.8) is 0 Å². The van der Waals surface area contributed by atoms with Crippen LogP contribution in [0, 0.1) is 0 Å². The highest BCUT2D eigenvalue weighted by Crippen LogP contribution is 2.30. The molecule has 1 aliphatic rings. The van der Waals surface area contributed by atoms with Crippen molar-refractivity contribution in [1.82, 2.24) is 4.98 Å². The van der Waals surface area contributed by atoms with Crippen LogP contribution in [0.4, 0.5) is 13.2 Å². The molecule has 5 heteroatoms. The molecule has 3 aromatic rings. The Kier molecular flexibility index (Phi) is 4.24. The predicted molar refractivity (Wildman–Crippen MR) is 92.3 cm³/mol. The van der Waals surface area contributed by atoms with Crippen molar-refractivity contribution in [1.29, 1.82) is 0 Å². The molecule has 0 saturated heterocycles. The Morgan fingerprint density at radius 1 is 0.846 bits per heavy atom. The molecule has 1 unspecified atom stereocenters. The van der Waals surface area contributed by atoms with Gasteiger partial charge in [0.2, 0.25) is 0 Å². The van der Waals surface area contributed by atoms with Crippen molar-refractivity contribution in [3.8, 4) is 0 Å². The van der Waals surface area contributed by atoms with Gasteiger partial charge in [0.05, 0.1) is 5.56 Å². The van der Waals surface area contributed by atoms with Gasteiger partial charge in [0.25, 0.3) is 0 Å². The van der Waals surface area contributed by atoms with Crippen LogP contribution in [0.15, 0.2) is 72.9 Å². The molecule has 0 spiro atoms. The first-order chi connectivity index (χ1) is 12.5. The van der Waals surface area contributed by atoms with Crippen molar-refractivity contribution >= 4 is 0 Å². The average Bonchev–Trinajstić information content (AvgIpc) is 3.05. The van der Waals surface area contributed by atoms with E-state index in [1.54, 1.807) is 0 Å². The fraction of sp³-hybridized carbons (Fsp3) is 0.190. The second-order valence-corrected chi connectivity index (χ2v) is 6.59. The molecular weight excluding hydrogens is 337 g/mol. The molecule has 0 saturated carbocycles. The first-order valence-corrected chi connectivity index (χ1v) is 8.52. The molecular formula is C21H18F3N2+. The van der Waals surface area contributed by atoms with E-state index in [-0.39, 0.29) is 6.04 Å². The minimum Gasteiger partial charge on any atom is -0.316 e. The van der Waals surface area contributed by atoms with Crippen molar-refractivity contribution in [2.45, 2.75) is 25.3 Å². The molecule has 4 rings (SSSR count). The topological polar surface area (TPSA) is 17.3 Å². The smallest absolute Gasteiger partial charge is 0.316 e. The summed E-state index contributed by atoms with van der Waals surface area (Å²) in [7, 11) is 0. The minimum atomic E-state index is -4.36. The molecule has 26 heavy (non-hydrogen) atoms. The van der Waals surface area contributed by atoms with Gasteiger partial charge < -0.3 is 4.90 Å². The number of alkyl halides is 3. The largest absolute Gasteiger partial charge is 0.417 e. The SMILES string of the molecule is FC(F)(F)c1cnc2c(c1)C[NH+](C(c1ccccc1)c1ccccc1)C2. The monoisotopic (exact) mass is 355 g/mol. The number of nitrogens with zero attached hydrogens (tertiary/aromatic N) is 1. The molecule has 1 atom stereocenters. The maximum Gasteiger partial charge on any atom is 0.417 e. The Bertz CT molecular complexity index is 853. The molecule has 0 amide bonds. The van der Waals surface area contributed by atoms with Crippen LogP contribution in [0.25, 0.3) is 0 Å². The highest BCUT2D eigenvalue weighted by molar-refractivity contribution is 5.31. The van der Waals surface area contributed by atoms with Crippen molar-refractivity contribution < 1.29 is 18.1 Å². The number of benzene rings is 2. The normalized spacial score (nSPS) is 16.7. The second-order valence-electron chi connectivity index (χ2n) is 6.59. The number of halogens is 3. The third-order valence-corrected chi connectivity index (χ3v) is 4.87. The van der Waals surface area contributed by atoms with Gasteiger partial charge in [0, 0.05) is 22.9 Å². The first-order valence-electron chi connectivity index (χ1n) is 8.52. The maximum absolute atomic E-state index is 13.0. The lowest BCUT2D eigenvalue weighted by Crippen LogP contribution is -3.08. The second kappa shape index (κ2) is 6.57. The number of aromatic nitrogens is 1. The molecule has 0 radical (unpaired) electrons. The van der Waals surface area contributed by atoms with Crippen LogP contribution in [0.5, 0.6) is 0 Å². The van der Waals surface area contributed by atoms with Crippen LogP contribution < -0.4 is 4.90 Å². The molecule has 2 aromatic carbocycles. The molecule has 1 N–H and O–H groups in total. The van der Waals surface area contributed by atoms with Gasteiger partial charge in [-0.15, -0.1) is 0 Å².